The second kappa shape index (κ2) is 5.14. The summed E-state index contributed by atoms with van der Waals surface area (Å²) >= 11 is 1.23. The fourth-order valence-corrected chi connectivity index (χ4v) is 3.31. The van der Waals surface area contributed by atoms with Crippen molar-refractivity contribution in [3.05, 3.63) is 29.3 Å². The van der Waals surface area contributed by atoms with Crippen LogP contribution in [0.4, 0.5) is 10.8 Å². The third kappa shape index (κ3) is 3.21. The van der Waals surface area contributed by atoms with Gasteiger partial charge in [0.15, 0.2) is 0 Å². The average Bonchev–Trinajstić information content (AvgIpc) is 2.77. The highest BCUT2D eigenvalue weighted by Crippen LogP contribution is 2.24. The predicted octanol–water partition coefficient (Wildman–Crippen LogP) is 2.04. The van der Waals surface area contributed by atoms with Crippen LogP contribution in [-0.4, -0.2) is 18.6 Å². The summed E-state index contributed by atoms with van der Waals surface area (Å²) in [6, 6.07) is 5.96. The van der Waals surface area contributed by atoms with E-state index in [2.05, 4.69) is 14.9 Å². The van der Waals surface area contributed by atoms with Crippen molar-refractivity contribution in [2.45, 2.75) is 24.7 Å². The van der Waals surface area contributed by atoms with Crippen molar-refractivity contribution in [3.63, 3.8) is 0 Å². The fourth-order valence-electron chi connectivity index (χ4n) is 1.33. The van der Waals surface area contributed by atoms with Gasteiger partial charge in [-0.25, -0.2) is 8.42 Å². The first-order chi connectivity index (χ1) is 8.88. The van der Waals surface area contributed by atoms with Crippen LogP contribution in [0, 0.1) is 0 Å². The van der Waals surface area contributed by atoms with Crippen molar-refractivity contribution in [1.29, 1.82) is 0 Å². The first-order valence-corrected chi connectivity index (χ1v) is 7.90. The molecule has 6 nitrogen and oxygen atoms in total. The maximum Gasteiger partial charge on any atom is 0.263 e. The van der Waals surface area contributed by atoms with Gasteiger partial charge in [0.1, 0.15) is 5.01 Å². The Morgan fingerprint density at radius 2 is 1.84 bits per heavy atom. The zero-order chi connectivity index (χ0) is 14.0. The number of anilines is 2. The molecule has 2 aromatic rings. The molecular formula is C11H14N4O2S2. The topological polar surface area (TPSA) is 98.0 Å². The van der Waals surface area contributed by atoms with E-state index in [-0.39, 0.29) is 15.9 Å². The number of sulfonamides is 1. The lowest BCUT2D eigenvalue weighted by Crippen LogP contribution is -2.12. The van der Waals surface area contributed by atoms with Gasteiger partial charge in [-0.3, -0.25) is 4.72 Å². The average molecular weight is 298 g/mol. The number of nitrogens with one attached hydrogen (secondary N) is 1. The molecule has 0 atom stereocenters. The van der Waals surface area contributed by atoms with Crippen LogP contribution in [0.15, 0.2) is 29.2 Å². The number of nitrogens with two attached hydrogens (primary N) is 1. The highest BCUT2D eigenvalue weighted by atomic mass is 32.2. The van der Waals surface area contributed by atoms with Crippen LogP contribution < -0.4 is 10.5 Å². The van der Waals surface area contributed by atoms with Crippen LogP contribution in [0.1, 0.15) is 24.8 Å². The van der Waals surface area contributed by atoms with E-state index in [9.17, 15) is 8.42 Å². The normalized spacial score (nSPS) is 11.7. The van der Waals surface area contributed by atoms with Crippen LogP contribution in [0.3, 0.4) is 0 Å². The number of nitrogens with zero attached hydrogens (tertiary/aromatic N) is 2. The van der Waals surface area contributed by atoms with E-state index < -0.39 is 10.0 Å². The minimum atomic E-state index is -3.64. The van der Waals surface area contributed by atoms with E-state index in [1.807, 2.05) is 13.8 Å². The summed E-state index contributed by atoms with van der Waals surface area (Å²) in [4.78, 5) is 0.142. The Kier molecular flexibility index (Phi) is 3.72. The molecular weight excluding hydrogens is 284 g/mol. The molecule has 0 spiro atoms. The summed E-state index contributed by atoms with van der Waals surface area (Å²) in [6.07, 6.45) is 0. The summed E-state index contributed by atoms with van der Waals surface area (Å²) in [5.41, 5.74) is 6.03. The molecule has 0 bridgehead atoms. The maximum atomic E-state index is 12.1. The second-order valence-electron chi connectivity index (χ2n) is 4.27. The molecule has 2 rings (SSSR count). The molecule has 0 saturated carbocycles. The van der Waals surface area contributed by atoms with Gasteiger partial charge in [0, 0.05) is 11.6 Å². The Hall–Kier alpha value is -1.67. The van der Waals surface area contributed by atoms with Gasteiger partial charge in [-0.15, -0.1) is 10.2 Å². The van der Waals surface area contributed by atoms with E-state index in [0.29, 0.717) is 5.69 Å². The van der Waals surface area contributed by atoms with Crippen molar-refractivity contribution in [1.82, 2.24) is 10.2 Å². The van der Waals surface area contributed by atoms with Crippen molar-refractivity contribution in [3.8, 4) is 0 Å². The molecule has 8 heteroatoms. The summed E-state index contributed by atoms with van der Waals surface area (Å²) in [5, 5.41) is 8.80. The minimum Gasteiger partial charge on any atom is -0.399 e. The Bertz CT molecular complexity index is 662. The predicted molar refractivity (Wildman–Crippen MR) is 75.7 cm³/mol. The third-order valence-electron chi connectivity index (χ3n) is 2.35. The lowest BCUT2D eigenvalue weighted by Gasteiger charge is -2.04. The van der Waals surface area contributed by atoms with Crippen LogP contribution in [0.5, 0.6) is 0 Å². The number of rotatable bonds is 4. The number of hydrogen-bond acceptors (Lipinski definition) is 6. The zero-order valence-electron chi connectivity index (χ0n) is 10.5. The minimum absolute atomic E-state index is 0.142. The van der Waals surface area contributed by atoms with Gasteiger partial charge in [0.25, 0.3) is 10.0 Å². The maximum absolute atomic E-state index is 12.1. The lowest BCUT2D eigenvalue weighted by atomic mass is 10.2. The Morgan fingerprint density at radius 1 is 1.21 bits per heavy atom. The summed E-state index contributed by atoms with van der Waals surface area (Å²) in [5.74, 6) is 0.215. The molecule has 0 unspecified atom stereocenters. The monoisotopic (exact) mass is 298 g/mol. The first kappa shape index (κ1) is 13.8. The van der Waals surface area contributed by atoms with Gasteiger partial charge >= 0.3 is 0 Å². The Morgan fingerprint density at radius 3 is 2.37 bits per heavy atom. The second-order valence-corrected chi connectivity index (χ2v) is 6.97. The van der Waals surface area contributed by atoms with Crippen molar-refractivity contribution < 1.29 is 8.42 Å². The Labute approximate surface area is 115 Å². The largest absolute Gasteiger partial charge is 0.399 e. The molecule has 0 amide bonds. The highest BCUT2D eigenvalue weighted by molar-refractivity contribution is 7.93. The smallest absolute Gasteiger partial charge is 0.263 e. The van der Waals surface area contributed by atoms with Crippen molar-refractivity contribution in [2.24, 2.45) is 0 Å². The number of hydrogen-bond donors (Lipinski definition) is 2. The third-order valence-corrected chi connectivity index (χ3v) is 4.97. The molecule has 0 radical (unpaired) electrons. The first-order valence-electron chi connectivity index (χ1n) is 5.60. The molecule has 3 N–H and O–H groups in total. The molecule has 0 aliphatic carbocycles. The molecule has 1 aromatic heterocycles. The van der Waals surface area contributed by atoms with E-state index >= 15 is 0 Å². The van der Waals surface area contributed by atoms with Gasteiger partial charge < -0.3 is 5.73 Å². The summed E-state index contributed by atoms with van der Waals surface area (Å²) in [6.45, 7) is 3.94. The number of aromatic nitrogens is 2. The van der Waals surface area contributed by atoms with Gasteiger partial charge in [-0.2, -0.15) is 0 Å². The van der Waals surface area contributed by atoms with Crippen LogP contribution >= 0.6 is 11.3 Å². The van der Waals surface area contributed by atoms with Crippen molar-refractivity contribution >= 4 is 32.2 Å². The molecule has 0 aliphatic heterocycles. The van der Waals surface area contributed by atoms with Gasteiger partial charge in [-0.05, 0) is 24.3 Å². The molecule has 0 aliphatic rings. The molecule has 0 fully saturated rings. The molecule has 102 valence electrons. The molecule has 1 heterocycles. The van der Waals surface area contributed by atoms with Crippen LogP contribution in [-0.2, 0) is 10.0 Å². The molecule has 19 heavy (non-hydrogen) atoms. The van der Waals surface area contributed by atoms with Gasteiger partial charge in [0.05, 0.1) is 4.90 Å². The van der Waals surface area contributed by atoms with Gasteiger partial charge in [0.2, 0.25) is 5.13 Å². The quantitative estimate of drug-likeness (QED) is 0.842. The molecule has 0 saturated heterocycles. The fraction of sp³-hybridized carbons (Fsp3) is 0.273. The molecule has 1 aromatic carbocycles. The number of benzene rings is 1. The van der Waals surface area contributed by atoms with Crippen LogP contribution in [0.25, 0.3) is 0 Å². The summed E-state index contributed by atoms with van der Waals surface area (Å²) < 4.78 is 26.6. The Balaban J connectivity index is 2.23. The highest BCUT2D eigenvalue weighted by Gasteiger charge is 2.17. The van der Waals surface area contributed by atoms with E-state index in [1.165, 1.54) is 35.6 Å². The summed E-state index contributed by atoms with van der Waals surface area (Å²) in [7, 11) is -3.64. The zero-order valence-corrected chi connectivity index (χ0v) is 12.1. The van der Waals surface area contributed by atoms with Crippen molar-refractivity contribution in [2.75, 3.05) is 10.5 Å². The van der Waals surface area contributed by atoms with Crippen LogP contribution in [0.2, 0.25) is 0 Å². The van der Waals surface area contributed by atoms with E-state index in [4.69, 9.17) is 5.73 Å². The number of nitrogen functional groups attached to an aromatic ring is 1. The van der Waals surface area contributed by atoms with E-state index in [0.717, 1.165) is 5.01 Å². The lowest BCUT2D eigenvalue weighted by molar-refractivity contribution is 0.601. The van der Waals surface area contributed by atoms with Gasteiger partial charge in [-0.1, -0.05) is 25.2 Å². The standard InChI is InChI=1S/C11H14N4O2S2/c1-7(2)10-13-14-11(18-10)15-19(16,17)9-5-3-8(12)4-6-9/h3-7H,12H2,1-2H3,(H,14,15). The SMILES string of the molecule is CC(C)c1nnc(NS(=O)(=O)c2ccc(N)cc2)s1. The van der Waals surface area contributed by atoms with E-state index in [1.54, 1.807) is 0 Å².